The summed E-state index contributed by atoms with van der Waals surface area (Å²) in [6, 6.07) is 21.6. The Morgan fingerprint density at radius 3 is 2.47 bits per heavy atom. The molecule has 0 aliphatic heterocycles. The van der Waals surface area contributed by atoms with E-state index in [0.29, 0.717) is 34.9 Å². The van der Waals surface area contributed by atoms with Gasteiger partial charge in [0.05, 0.1) is 22.7 Å². The van der Waals surface area contributed by atoms with E-state index in [0.717, 1.165) is 35.6 Å². The van der Waals surface area contributed by atoms with Gasteiger partial charge in [-0.15, -0.1) is 0 Å². The first-order valence-electron chi connectivity index (χ1n) is 10.8. The van der Waals surface area contributed by atoms with Crippen LogP contribution >= 0.6 is 23.2 Å². The second-order valence-electron chi connectivity index (χ2n) is 7.96. The van der Waals surface area contributed by atoms with Crippen LogP contribution in [0.25, 0.3) is 11.0 Å². The van der Waals surface area contributed by atoms with Crippen LogP contribution in [0.15, 0.2) is 66.7 Å². The van der Waals surface area contributed by atoms with Gasteiger partial charge in [-0.05, 0) is 60.4 Å². The van der Waals surface area contributed by atoms with Gasteiger partial charge in [0, 0.05) is 11.6 Å². The molecule has 4 rings (SSSR count). The largest absolute Gasteiger partial charge is 0.494 e. The summed E-state index contributed by atoms with van der Waals surface area (Å²) in [6.07, 6.45) is 0.848. The molecule has 1 heterocycles. The average Bonchev–Trinajstić information content (AvgIpc) is 3.14. The maximum atomic E-state index is 6.25. The molecule has 4 aromatic rings. The topological polar surface area (TPSA) is 36.3 Å². The molecule has 0 saturated heterocycles. The summed E-state index contributed by atoms with van der Waals surface area (Å²) < 4.78 is 14.1. The van der Waals surface area contributed by atoms with Crippen LogP contribution in [0, 0.1) is 0 Å². The van der Waals surface area contributed by atoms with Gasteiger partial charge >= 0.3 is 0 Å². The van der Waals surface area contributed by atoms with Gasteiger partial charge in [-0.25, -0.2) is 4.98 Å². The minimum atomic E-state index is 0.313. The van der Waals surface area contributed by atoms with Crippen molar-refractivity contribution in [3.63, 3.8) is 0 Å². The van der Waals surface area contributed by atoms with Gasteiger partial charge < -0.3 is 14.0 Å². The molecule has 0 amide bonds. The van der Waals surface area contributed by atoms with Crippen molar-refractivity contribution < 1.29 is 9.47 Å². The SMILES string of the molecule is CC(C)c1ccc(OCCCn2c(COc3ccc(Cl)cc3Cl)nc3ccccc32)cc1. The number of rotatable bonds is 9. The zero-order valence-corrected chi connectivity index (χ0v) is 19.7. The molecular weight excluding hydrogens is 443 g/mol. The molecule has 0 atom stereocenters. The number of hydrogen-bond acceptors (Lipinski definition) is 3. The van der Waals surface area contributed by atoms with Gasteiger partial charge in [0.25, 0.3) is 0 Å². The van der Waals surface area contributed by atoms with Gasteiger partial charge in [-0.2, -0.15) is 0 Å². The molecule has 0 fully saturated rings. The van der Waals surface area contributed by atoms with Crippen molar-refractivity contribution in [3.05, 3.63) is 88.2 Å². The minimum absolute atomic E-state index is 0.313. The number of ether oxygens (including phenoxy) is 2. The molecule has 0 spiro atoms. The molecule has 0 N–H and O–H groups in total. The highest BCUT2D eigenvalue weighted by molar-refractivity contribution is 6.35. The summed E-state index contributed by atoms with van der Waals surface area (Å²) >= 11 is 12.2. The molecule has 0 radical (unpaired) electrons. The van der Waals surface area contributed by atoms with E-state index in [2.05, 4.69) is 36.6 Å². The molecule has 0 aliphatic rings. The van der Waals surface area contributed by atoms with Gasteiger partial charge in [0.2, 0.25) is 0 Å². The van der Waals surface area contributed by atoms with Gasteiger partial charge in [0.15, 0.2) is 0 Å². The Balaban J connectivity index is 1.42. The van der Waals surface area contributed by atoms with E-state index in [1.165, 1.54) is 5.56 Å². The molecule has 0 aliphatic carbocycles. The van der Waals surface area contributed by atoms with Crippen LogP contribution in [0.3, 0.4) is 0 Å². The fourth-order valence-electron chi connectivity index (χ4n) is 3.58. The van der Waals surface area contributed by atoms with Crippen molar-refractivity contribution in [3.8, 4) is 11.5 Å². The number of imidazole rings is 1. The number of hydrogen-bond donors (Lipinski definition) is 0. The fourth-order valence-corrected chi connectivity index (χ4v) is 4.04. The molecule has 1 aromatic heterocycles. The summed E-state index contributed by atoms with van der Waals surface area (Å²) in [5, 5.41) is 1.06. The molecule has 32 heavy (non-hydrogen) atoms. The lowest BCUT2D eigenvalue weighted by Crippen LogP contribution is -2.10. The first-order valence-corrected chi connectivity index (χ1v) is 11.5. The molecule has 3 aromatic carbocycles. The monoisotopic (exact) mass is 468 g/mol. The second kappa shape index (κ2) is 10.3. The Labute approximate surface area is 198 Å². The van der Waals surface area contributed by atoms with E-state index in [4.69, 9.17) is 37.7 Å². The average molecular weight is 469 g/mol. The van der Waals surface area contributed by atoms with E-state index >= 15 is 0 Å². The van der Waals surface area contributed by atoms with Gasteiger partial charge in [-0.1, -0.05) is 61.3 Å². The van der Waals surface area contributed by atoms with E-state index in [9.17, 15) is 0 Å². The summed E-state index contributed by atoms with van der Waals surface area (Å²) in [5.41, 5.74) is 3.33. The highest BCUT2D eigenvalue weighted by atomic mass is 35.5. The third-order valence-electron chi connectivity index (χ3n) is 5.33. The number of halogens is 2. The lowest BCUT2D eigenvalue weighted by atomic mass is 10.0. The smallest absolute Gasteiger partial charge is 0.148 e. The second-order valence-corrected chi connectivity index (χ2v) is 8.80. The quantitative estimate of drug-likeness (QED) is 0.238. The number of nitrogens with zero attached hydrogens (tertiary/aromatic N) is 2. The van der Waals surface area contributed by atoms with Crippen molar-refractivity contribution in [1.82, 2.24) is 9.55 Å². The molecule has 0 saturated carbocycles. The van der Waals surface area contributed by atoms with Crippen LogP contribution in [0.1, 0.15) is 37.6 Å². The van der Waals surface area contributed by atoms with Crippen molar-refractivity contribution in [2.24, 2.45) is 0 Å². The Bertz CT molecular complexity index is 1190. The standard InChI is InChI=1S/C26H26Cl2N2O2/c1-18(2)19-8-11-21(12-9-19)31-15-5-14-30-24-7-4-3-6-23(24)29-26(30)17-32-25-13-10-20(27)16-22(25)28/h3-4,6-13,16,18H,5,14-15,17H2,1-2H3. The predicted molar refractivity (Wildman–Crippen MR) is 131 cm³/mol. The number of aromatic nitrogens is 2. The number of para-hydroxylation sites is 2. The van der Waals surface area contributed by atoms with Crippen LogP contribution in [0.4, 0.5) is 0 Å². The lowest BCUT2D eigenvalue weighted by molar-refractivity contribution is 0.280. The third kappa shape index (κ3) is 5.37. The number of benzene rings is 3. The fraction of sp³-hybridized carbons (Fsp3) is 0.269. The van der Waals surface area contributed by atoms with Gasteiger partial charge in [-0.3, -0.25) is 0 Å². The summed E-state index contributed by atoms with van der Waals surface area (Å²) in [7, 11) is 0. The van der Waals surface area contributed by atoms with Crippen LogP contribution in [-0.4, -0.2) is 16.2 Å². The molecular formula is C26H26Cl2N2O2. The number of aryl methyl sites for hydroxylation is 1. The van der Waals surface area contributed by atoms with Crippen LogP contribution in [-0.2, 0) is 13.2 Å². The van der Waals surface area contributed by atoms with Crippen molar-refractivity contribution in [1.29, 1.82) is 0 Å². The maximum Gasteiger partial charge on any atom is 0.148 e. The Kier molecular flexibility index (Phi) is 7.23. The summed E-state index contributed by atoms with van der Waals surface area (Å²) in [6.45, 7) is 6.09. The molecule has 166 valence electrons. The van der Waals surface area contributed by atoms with Crippen LogP contribution < -0.4 is 9.47 Å². The predicted octanol–water partition coefficient (Wildman–Crippen LogP) is 7.51. The van der Waals surface area contributed by atoms with Crippen LogP contribution in [0.2, 0.25) is 10.0 Å². The molecule has 0 bridgehead atoms. The third-order valence-corrected chi connectivity index (χ3v) is 5.86. The van der Waals surface area contributed by atoms with Crippen molar-refractivity contribution >= 4 is 34.2 Å². The van der Waals surface area contributed by atoms with Crippen molar-refractivity contribution in [2.75, 3.05) is 6.61 Å². The zero-order chi connectivity index (χ0) is 22.5. The van der Waals surface area contributed by atoms with Crippen LogP contribution in [0.5, 0.6) is 11.5 Å². The van der Waals surface area contributed by atoms with Gasteiger partial charge in [0.1, 0.15) is 23.9 Å². The van der Waals surface area contributed by atoms with E-state index in [-0.39, 0.29) is 0 Å². The Hall–Kier alpha value is -2.69. The highest BCUT2D eigenvalue weighted by Crippen LogP contribution is 2.28. The Morgan fingerprint density at radius 1 is 0.938 bits per heavy atom. The maximum absolute atomic E-state index is 6.25. The van der Waals surface area contributed by atoms with E-state index in [1.807, 2.05) is 30.3 Å². The molecule has 0 unspecified atom stereocenters. The zero-order valence-electron chi connectivity index (χ0n) is 18.2. The van der Waals surface area contributed by atoms with E-state index < -0.39 is 0 Å². The molecule has 6 heteroatoms. The first kappa shape index (κ1) is 22.5. The molecule has 4 nitrogen and oxygen atoms in total. The van der Waals surface area contributed by atoms with E-state index in [1.54, 1.807) is 18.2 Å². The minimum Gasteiger partial charge on any atom is -0.494 e. The highest BCUT2D eigenvalue weighted by Gasteiger charge is 2.12. The summed E-state index contributed by atoms with van der Waals surface area (Å²) in [4.78, 5) is 4.77. The Morgan fingerprint density at radius 2 is 1.72 bits per heavy atom. The number of fused-ring (bicyclic) bond motifs is 1. The lowest BCUT2D eigenvalue weighted by Gasteiger charge is -2.12. The first-order chi connectivity index (χ1) is 15.5. The van der Waals surface area contributed by atoms with Crippen molar-refractivity contribution in [2.45, 2.75) is 39.3 Å². The normalized spacial score (nSPS) is 11.3. The summed E-state index contributed by atoms with van der Waals surface area (Å²) in [5.74, 6) is 2.84.